The maximum absolute atomic E-state index is 13.9. The molecule has 1 aliphatic carbocycles. The van der Waals surface area contributed by atoms with Crippen molar-refractivity contribution in [1.82, 2.24) is 5.32 Å². The van der Waals surface area contributed by atoms with Crippen LogP contribution < -0.4 is 10.1 Å². The first-order valence-corrected chi connectivity index (χ1v) is 7.43. The van der Waals surface area contributed by atoms with Crippen molar-refractivity contribution in [2.45, 2.75) is 25.4 Å². The van der Waals surface area contributed by atoms with Crippen molar-refractivity contribution in [2.75, 3.05) is 13.1 Å². The van der Waals surface area contributed by atoms with E-state index in [-0.39, 0.29) is 16.9 Å². The lowest BCUT2D eigenvalue weighted by molar-refractivity contribution is 0.115. The summed E-state index contributed by atoms with van der Waals surface area (Å²) in [6.45, 7) is 1.93. The highest BCUT2D eigenvalue weighted by atomic mass is 35.5. The Labute approximate surface area is 122 Å². The molecule has 1 N–H and O–H groups in total. The minimum Gasteiger partial charge on any atom is -0.485 e. The van der Waals surface area contributed by atoms with E-state index in [1.165, 1.54) is 12.1 Å². The Morgan fingerprint density at radius 1 is 1.21 bits per heavy atom. The second-order valence-electron chi connectivity index (χ2n) is 5.35. The molecule has 5 heteroatoms. The normalized spacial score (nSPS) is 24.5. The number of rotatable bonds is 4. The van der Waals surface area contributed by atoms with Crippen LogP contribution in [0.5, 0.6) is 5.75 Å². The molecule has 2 atom stereocenters. The molecule has 0 bridgehead atoms. The van der Waals surface area contributed by atoms with Crippen LogP contribution in [0.4, 0.5) is 4.39 Å². The molecular formula is C14H16Cl2FNO. The number of nitrogens with one attached hydrogen (secondary N) is 1. The Hall–Kier alpha value is -0.510. The molecule has 2 aliphatic rings. The molecule has 1 aliphatic heterocycles. The van der Waals surface area contributed by atoms with E-state index in [1.807, 2.05) is 0 Å². The first kappa shape index (κ1) is 13.5. The van der Waals surface area contributed by atoms with Gasteiger partial charge in [-0.25, -0.2) is 4.39 Å². The summed E-state index contributed by atoms with van der Waals surface area (Å²) in [5.74, 6) is 0.630. The van der Waals surface area contributed by atoms with Crippen molar-refractivity contribution in [3.63, 3.8) is 0 Å². The average molecular weight is 304 g/mol. The first-order chi connectivity index (χ1) is 9.16. The van der Waals surface area contributed by atoms with Crippen LogP contribution in [0.25, 0.3) is 0 Å². The Morgan fingerprint density at radius 2 is 2.00 bits per heavy atom. The maximum atomic E-state index is 13.9. The SMILES string of the molecule is Fc1ccc(Cl)c(Cl)c1OC(C1CC1)[C@H]1CCNC1. The Balaban J connectivity index is 1.83. The molecule has 2 fully saturated rings. The van der Waals surface area contributed by atoms with Crippen molar-refractivity contribution in [3.05, 3.63) is 28.0 Å². The van der Waals surface area contributed by atoms with Gasteiger partial charge in [-0.15, -0.1) is 0 Å². The van der Waals surface area contributed by atoms with Gasteiger partial charge < -0.3 is 10.1 Å². The number of halogens is 3. The van der Waals surface area contributed by atoms with Crippen molar-refractivity contribution >= 4 is 23.2 Å². The summed E-state index contributed by atoms with van der Waals surface area (Å²) < 4.78 is 19.8. The van der Waals surface area contributed by atoms with Gasteiger partial charge in [0.2, 0.25) is 0 Å². The van der Waals surface area contributed by atoms with Gasteiger partial charge in [0.15, 0.2) is 11.6 Å². The first-order valence-electron chi connectivity index (χ1n) is 6.67. The molecule has 0 aromatic heterocycles. The van der Waals surface area contributed by atoms with E-state index in [1.54, 1.807) is 0 Å². The molecule has 2 nitrogen and oxygen atoms in total. The van der Waals surface area contributed by atoms with E-state index in [4.69, 9.17) is 27.9 Å². The topological polar surface area (TPSA) is 21.3 Å². The monoisotopic (exact) mass is 303 g/mol. The fraction of sp³-hybridized carbons (Fsp3) is 0.571. The Bertz CT molecular complexity index is 473. The van der Waals surface area contributed by atoms with Gasteiger partial charge in [-0.2, -0.15) is 0 Å². The standard InChI is InChI=1S/C14H16Cl2FNO/c15-10-3-4-11(17)14(12(10)16)19-13(8-1-2-8)9-5-6-18-7-9/h3-4,8-9,13,18H,1-2,5-7H2/t9-,13?/m0/s1. The fourth-order valence-corrected chi connectivity index (χ4v) is 3.06. The highest BCUT2D eigenvalue weighted by Gasteiger charge is 2.40. The highest BCUT2D eigenvalue weighted by Crippen LogP contribution is 2.42. The van der Waals surface area contributed by atoms with Crippen LogP contribution in [0, 0.1) is 17.7 Å². The van der Waals surface area contributed by atoms with Crippen LogP contribution in [-0.2, 0) is 0 Å². The van der Waals surface area contributed by atoms with Gasteiger partial charge in [-0.05, 0) is 43.9 Å². The summed E-state index contributed by atoms with van der Waals surface area (Å²) in [5, 5.41) is 3.84. The molecular weight excluding hydrogens is 288 g/mol. The Kier molecular flexibility index (Phi) is 3.88. The van der Waals surface area contributed by atoms with E-state index >= 15 is 0 Å². The molecule has 104 valence electrons. The van der Waals surface area contributed by atoms with Crippen LogP contribution in [0.2, 0.25) is 10.0 Å². The number of hydrogen-bond donors (Lipinski definition) is 1. The van der Waals surface area contributed by atoms with Gasteiger partial charge in [0.05, 0.1) is 5.02 Å². The van der Waals surface area contributed by atoms with Gasteiger partial charge in [0.1, 0.15) is 11.1 Å². The number of hydrogen-bond acceptors (Lipinski definition) is 2. The maximum Gasteiger partial charge on any atom is 0.175 e. The molecule has 3 rings (SSSR count). The molecule has 1 unspecified atom stereocenters. The molecule has 1 aromatic rings. The van der Waals surface area contributed by atoms with Gasteiger partial charge >= 0.3 is 0 Å². The van der Waals surface area contributed by atoms with E-state index < -0.39 is 5.82 Å². The summed E-state index contributed by atoms with van der Waals surface area (Å²) in [6, 6.07) is 2.76. The quantitative estimate of drug-likeness (QED) is 0.852. The van der Waals surface area contributed by atoms with E-state index in [9.17, 15) is 4.39 Å². The lowest BCUT2D eigenvalue weighted by Gasteiger charge is -2.25. The molecule has 19 heavy (non-hydrogen) atoms. The summed E-state index contributed by atoms with van der Waals surface area (Å²) in [4.78, 5) is 0. The second kappa shape index (κ2) is 5.47. The Morgan fingerprint density at radius 3 is 2.63 bits per heavy atom. The van der Waals surface area contributed by atoms with Gasteiger partial charge in [0, 0.05) is 12.5 Å². The average Bonchev–Trinajstić information content (AvgIpc) is 3.09. The van der Waals surface area contributed by atoms with E-state index in [0.29, 0.717) is 16.9 Å². The highest BCUT2D eigenvalue weighted by molar-refractivity contribution is 6.42. The third-order valence-electron chi connectivity index (χ3n) is 3.91. The molecule has 1 heterocycles. The van der Waals surface area contributed by atoms with Gasteiger partial charge in [-0.3, -0.25) is 0 Å². The van der Waals surface area contributed by atoms with Crippen LogP contribution in [-0.4, -0.2) is 19.2 Å². The van der Waals surface area contributed by atoms with Crippen LogP contribution in [0.3, 0.4) is 0 Å². The molecule has 0 spiro atoms. The molecule has 1 saturated carbocycles. The molecule has 0 radical (unpaired) electrons. The largest absolute Gasteiger partial charge is 0.485 e. The minimum atomic E-state index is -0.439. The fourth-order valence-electron chi connectivity index (χ4n) is 2.71. The molecule has 1 saturated heterocycles. The summed E-state index contributed by atoms with van der Waals surface area (Å²) in [6.07, 6.45) is 3.42. The van der Waals surface area contributed by atoms with Crippen LogP contribution >= 0.6 is 23.2 Å². The van der Waals surface area contributed by atoms with Crippen molar-refractivity contribution < 1.29 is 9.13 Å². The molecule has 0 amide bonds. The van der Waals surface area contributed by atoms with Crippen molar-refractivity contribution in [3.8, 4) is 5.75 Å². The predicted molar refractivity (Wildman–Crippen MR) is 74.5 cm³/mol. The minimum absolute atomic E-state index is 0.0421. The zero-order valence-electron chi connectivity index (χ0n) is 10.5. The zero-order valence-corrected chi connectivity index (χ0v) is 12.0. The van der Waals surface area contributed by atoms with Crippen molar-refractivity contribution in [2.24, 2.45) is 11.8 Å². The lowest BCUT2D eigenvalue weighted by atomic mass is 9.97. The van der Waals surface area contributed by atoms with Crippen molar-refractivity contribution in [1.29, 1.82) is 0 Å². The van der Waals surface area contributed by atoms with Gasteiger partial charge in [-0.1, -0.05) is 23.2 Å². The second-order valence-corrected chi connectivity index (χ2v) is 6.13. The van der Waals surface area contributed by atoms with E-state index in [2.05, 4.69) is 5.32 Å². The molecule has 1 aromatic carbocycles. The third kappa shape index (κ3) is 2.83. The van der Waals surface area contributed by atoms with E-state index in [0.717, 1.165) is 32.4 Å². The summed E-state index contributed by atoms with van der Waals surface area (Å²) in [5.41, 5.74) is 0. The van der Waals surface area contributed by atoms with Gasteiger partial charge in [0.25, 0.3) is 0 Å². The number of ether oxygens (including phenoxy) is 1. The zero-order chi connectivity index (χ0) is 13.4. The summed E-state index contributed by atoms with van der Waals surface area (Å²) >= 11 is 12.0. The predicted octanol–water partition coefficient (Wildman–Crippen LogP) is 3.90. The van der Waals surface area contributed by atoms with Crippen LogP contribution in [0.1, 0.15) is 19.3 Å². The number of benzene rings is 1. The van der Waals surface area contributed by atoms with Crippen LogP contribution in [0.15, 0.2) is 12.1 Å². The lowest BCUT2D eigenvalue weighted by Crippen LogP contribution is -2.31. The summed E-state index contributed by atoms with van der Waals surface area (Å²) in [7, 11) is 0. The smallest absolute Gasteiger partial charge is 0.175 e. The third-order valence-corrected chi connectivity index (χ3v) is 4.69.